The molecule has 1 amide bonds. The van der Waals surface area contributed by atoms with E-state index in [2.05, 4.69) is 26.2 Å². The van der Waals surface area contributed by atoms with Crippen LogP contribution in [-0.2, 0) is 11.2 Å². The molecule has 156 valence electrons. The van der Waals surface area contributed by atoms with Crippen molar-refractivity contribution in [2.75, 3.05) is 19.5 Å². The van der Waals surface area contributed by atoms with E-state index in [4.69, 9.17) is 9.47 Å². The Balaban J connectivity index is 1.61. The molecule has 1 N–H and O–H groups in total. The number of thiazole rings is 1. The van der Waals surface area contributed by atoms with Gasteiger partial charge >= 0.3 is 0 Å². The number of carbonyl (C=O) groups excluding carboxylic acids is 1. The molecule has 0 atom stereocenters. The summed E-state index contributed by atoms with van der Waals surface area (Å²) in [6, 6.07) is 9.76. The smallest absolute Gasteiger partial charge is 0.269 e. The van der Waals surface area contributed by atoms with Crippen LogP contribution in [-0.4, -0.2) is 30.0 Å². The van der Waals surface area contributed by atoms with E-state index in [1.807, 2.05) is 12.1 Å². The van der Waals surface area contributed by atoms with Gasteiger partial charge in [-0.1, -0.05) is 15.9 Å². The summed E-state index contributed by atoms with van der Waals surface area (Å²) in [6.45, 7) is 0. The minimum atomic E-state index is -0.451. The number of nitro groups is 1. The number of non-ortho nitro benzene ring substituents is 1. The van der Waals surface area contributed by atoms with Gasteiger partial charge in [0.2, 0.25) is 5.91 Å². The van der Waals surface area contributed by atoms with Gasteiger partial charge in [0.25, 0.3) is 5.69 Å². The van der Waals surface area contributed by atoms with E-state index in [0.717, 1.165) is 15.6 Å². The molecule has 3 rings (SSSR count). The second-order valence-electron chi connectivity index (χ2n) is 6.19. The molecule has 1 aromatic heterocycles. The van der Waals surface area contributed by atoms with Crippen molar-refractivity contribution in [3.63, 3.8) is 0 Å². The number of carbonyl (C=O) groups is 1. The molecular weight excluding hydrogens is 474 g/mol. The third-order valence-electron chi connectivity index (χ3n) is 4.30. The number of amides is 1. The molecule has 0 bridgehead atoms. The number of nitro benzene ring substituents is 1. The number of rotatable bonds is 8. The van der Waals surface area contributed by atoms with Crippen LogP contribution >= 0.6 is 27.3 Å². The minimum Gasteiger partial charge on any atom is -0.493 e. The number of aromatic nitrogens is 1. The fourth-order valence-electron chi connectivity index (χ4n) is 2.74. The van der Waals surface area contributed by atoms with Crippen molar-refractivity contribution >= 4 is 44.0 Å². The van der Waals surface area contributed by atoms with Gasteiger partial charge < -0.3 is 14.8 Å². The predicted molar refractivity (Wildman–Crippen MR) is 118 cm³/mol. The van der Waals surface area contributed by atoms with Crippen LogP contribution in [0.1, 0.15) is 12.0 Å². The fourth-order valence-corrected chi connectivity index (χ4v) is 3.99. The molecule has 0 spiro atoms. The molecule has 30 heavy (non-hydrogen) atoms. The largest absolute Gasteiger partial charge is 0.493 e. The van der Waals surface area contributed by atoms with Crippen molar-refractivity contribution in [3.05, 3.63) is 61.9 Å². The molecule has 8 nitrogen and oxygen atoms in total. The van der Waals surface area contributed by atoms with E-state index in [-0.39, 0.29) is 18.0 Å². The van der Waals surface area contributed by atoms with Gasteiger partial charge in [-0.15, -0.1) is 11.3 Å². The number of halogens is 1. The lowest BCUT2D eigenvalue weighted by Gasteiger charge is -2.11. The maximum Gasteiger partial charge on any atom is 0.269 e. The Morgan fingerprint density at radius 2 is 1.87 bits per heavy atom. The van der Waals surface area contributed by atoms with Crippen LogP contribution in [0.15, 0.2) is 46.3 Å². The van der Waals surface area contributed by atoms with Gasteiger partial charge in [-0.2, -0.15) is 0 Å². The van der Waals surface area contributed by atoms with Crippen LogP contribution in [0.25, 0.3) is 11.3 Å². The molecule has 0 aliphatic carbocycles. The number of nitrogens with zero attached hydrogens (tertiary/aromatic N) is 2. The summed E-state index contributed by atoms with van der Waals surface area (Å²) in [7, 11) is 3.13. The zero-order chi connectivity index (χ0) is 21.7. The van der Waals surface area contributed by atoms with Gasteiger partial charge in [-0.05, 0) is 36.2 Å². The van der Waals surface area contributed by atoms with Crippen molar-refractivity contribution in [2.45, 2.75) is 12.8 Å². The lowest BCUT2D eigenvalue weighted by Crippen LogP contribution is -2.12. The summed E-state index contributed by atoms with van der Waals surface area (Å²) < 4.78 is 11.4. The highest BCUT2D eigenvalue weighted by Gasteiger charge is 2.13. The molecule has 0 saturated heterocycles. The van der Waals surface area contributed by atoms with Crippen LogP contribution in [0.3, 0.4) is 0 Å². The third-order valence-corrected chi connectivity index (χ3v) is 5.79. The van der Waals surface area contributed by atoms with Crippen LogP contribution in [0.2, 0.25) is 0 Å². The van der Waals surface area contributed by atoms with Crippen molar-refractivity contribution in [3.8, 4) is 22.8 Å². The lowest BCUT2D eigenvalue weighted by atomic mass is 10.1. The lowest BCUT2D eigenvalue weighted by molar-refractivity contribution is -0.384. The molecule has 0 fully saturated rings. The maximum atomic E-state index is 12.3. The van der Waals surface area contributed by atoms with Crippen LogP contribution in [0.4, 0.5) is 10.8 Å². The molecular formula is C20H18BrN3O5S. The predicted octanol–water partition coefficient (Wildman–Crippen LogP) is 5.07. The highest BCUT2D eigenvalue weighted by molar-refractivity contribution is 9.10. The van der Waals surface area contributed by atoms with Gasteiger partial charge in [0.05, 0.1) is 24.8 Å². The third kappa shape index (κ3) is 5.14. The zero-order valence-corrected chi connectivity index (χ0v) is 18.6. The number of benzene rings is 2. The molecule has 0 aliphatic rings. The number of ether oxygens (including phenoxy) is 2. The topological polar surface area (TPSA) is 104 Å². The second kappa shape index (κ2) is 9.68. The zero-order valence-electron chi connectivity index (χ0n) is 16.2. The van der Waals surface area contributed by atoms with Crippen molar-refractivity contribution in [2.24, 2.45) is 0 Å². The van der Waals surface area contributed by atoms with E-state index in [1.165, 1.54) is 23.5 Å². The number of methoxy groups -OCH3 is 2. The highest BCUT2D eigenvalue weighted by atomic mass is 79.9. The van der Waals surface area contributed by atoms with E-state index in [9.17, 15) is 14.9 Å². The van der Waals surface area contributed by atoms with Crippen molar-refractivity contribution in [1.29, 1.82) is 0 Å². The molecule has 0 aliphatic heterocycles. The number of nitrogens with one attached hydrogen (secondary N) is 1. The molecule has 3 aromatic rings. The normalized spacial score (nSPS) is 10.5. The first-order valence-electron chi connectivity index (χ1n) is 8.82. The summed E-state index contributed by atoms with van der Waals surface area (Å²) in [5, 5.41) is 15.8. The van der Waals surface area contributed by atoms with Crippen LogP contribution in [0, 0.1) is 10.1 Å². The summed E-state index contributed by atoms with van der Waals surface area (Å²) in [4.78, 5) is 27.0. The first-order valence-corrected chi connectivity index (χ1v) is 10.5. The summed E-state index contributed by atoms with van der Waals surface area (Å²) >= 11 is 4.79. The van der Waals surface area contributed by atoms with Gasteiger partial charge in [0.15, 0.2) is 16.6 Å². The number of hydrogen-bond donors (Lipinski definition) is 1. The molecule has 0 radical (unpaired) electrons. The van der Waals surface area contributed by atoms with Gasteiger partial charge in [-0.3, -0.25) is 14.9 Å². The summed E-state index contributed by atoms with van der Waals surface area (Å²) in [5.74, 6) is 1.05. The Kier molecular flexibility index (Phi) is 7.01. The Labute approximate surface area is 185 Å². The van der Waals surface area contributed by atoms with E-state index < -0.39 is 4.92 Å². The Bertz CT molecular complexity index is 1070. The average molecular weight is 492 g/mol. The standard InChI is InChI=1S/C20H18BrN3O5S/c1-28-17-9-13(15(21)10-18(17)29-2)5-8-19(25)23-20-22-16(11-30-20)12-3-6-14(7-4-12)24(26)27/h3-4,6-7,9-11H,5,8H2,1-2H3,(H,22,23,25). The van der Waals surface area contributed by atoms with E-state index in [0.29, 0.717) is 28.7 Å². The number of hydrogen-bond acceptors (Lipinski definition) is 7. The molecule has 0 unspecified atom stereocenters. The summed E-state index contributed by atoms with van der Waals surface area (Å²) in [5.41, 5.74) is 2.33. The molecule has 1 heterocycles. The Hall–Kier alpha value is -2.98. The Morgan fingerprint density at radius 3 is 2.50 bits per heavy atom. The number of aryl methyl sites for hydroxylation is 1. The first-order chi connectivity index (χ1) is 14.4. The highest BCUT2D eigenvalue weighted by Crippen LogP contribution is 2.34. The SMILES string of the molecule is COc1cc(Br)c(CCC(=O)Nc2nc(-c3ccc([N+](=O)[O-])cc3)cs2)cc1OC. The van der Waals surface area contributed by atoms with E-state index in [1.54, 1.807) is 31.7 Å². The van der Waals surface area contributed by atoms with Gasteiger partial charge in [0.1, 0.15) is 0 Å². The fraction of sp³-hybridized carbons (Fsp3) is 0.200. The van der Waals surface area contributed by atoms with Crippen LogP contribution < -0.4 is 14.8 Å². The second-order valence-corrected chi connectivity index (χ2v) is 7.90. The number of anilines is 1. The van der Waals surface area contributed by atoms with E-state index >= 15 is 0 Å². The molecule has 10 heteroatoms. The van der Waals surface area contributed by atoms with Crippen molar-refractivity contribution < 1.29 is 19.2 Å². The van der Waals surface area contributed by atoms with Crippen LogP contribution in [0.5, 0.6) is 11.5 Å². The van der Waals surface area contributed by atoms with Crippen molar-refractivity contribution in [1.82, 2.24) is 4.98 Å². The first kappa shape index (κ1) is 21.7. The maximum absolute atomic E-state index is 12.3. The minimum absolute atomic E-state index is 0.0174. The molecule has 2 aromatic carbocycles. The Morgan fingerprint density at radius 1 is 1.20 bits per heavy atom. The summed E-state index contributed by atoms with van der Waals surface area (Å²) in [6.07, 6.45) is 0.772. The quantitative estimate of drug-likeness (QED) is 0.348. The molecule has 0 saturated carbocycles. The average Bonchev–Trinajstić information content (AvgIpc) is 3.21. The van der Waals surface area contributed by atoms with Gasteiger partial charge in [0, 0.05) is 34.0 Å². The van der Waals surface area contributed by atoms with Gasteiger partial charge in [-0.25, -0.2) is 4.98 Å². The monoisotopic (exact) mass is 491 g/mol.